The van der Waals surface area contributed by atoms with Crippen molar-refractivity contribution in [2.45, 2.75) is 45.4 Å². The molecule has 1 aliphatic carbocycles. The van der Waals surface area contributed by atoms with Gasteiger partial charge in [-0.25, -0.2) is 4.79 Å². The number of allylic oxidation sites excluding steroid dienone is 2. The first-order chi connectivity index (χ1) is 10.2. The van der Waals surface area contributed by atoms with Crippen LogP contribution in [0.3, 0.4) is 0 Å². The lowest BCUT2D eigenvalue weighted by molar-refractivity contribution is 0.154. The molecule has 21 heavy (non-hydrogen) atoms. The van der Waals surface area contributed by atoms with Crippen LogP contribution >= 0.6 is 15.9 Å². The summed E-state index contributed by atoms with van der Waals surface area (Å²) < 4.78 is 6.14. The number of amides is 1. The Morgan fingerprint density at radius 1 is 1.24 bits per heavy atom. The van der Waals surface area contributed by atoms with Crippen LogP contribution in [0, 0.1) is 0 Å². The molecule has 3 nitrogen and oxygen atoms in total. The van der Waals surface area contributed by atoms with Crippen LogP contribution in [0.5, 0.6) is 0 Å². The van der Waals surface area contributed by atoms with Crippen molar-refractivity contribution in [1.82, 2.24) is 5.32 Å². The summed E-state index contributed by atoms with van der Waals surface area (Å²) in [7, 11) is 0. The molecule has 4 heteroatoms. The number of rotatable bonds is 4. The number of alkyl carbamates (subject to hydrolysis) is 1. The molecule has 114 valence electrons. The first kappa shape index (κ1) is 16.1. The zero-order chi connectivity index (χ0) is 15.1. The zero-order valence-corrected chi connectivity index (χ0v) is 14.0. The third-order valence-electron chi connectivity index (χ3n) is 3.72. The molecule has 1 N–H and O–H groups in total. The predicted molar refractivity (Wildman–Crippen MR) is 88.1 cm³/mol. The maximum atomic E-state index is 11.7. The Morgan fingerprint density at radius 3 is 2.76 bits per heavy atom. The van der Waals surface area contributed by atoms with E-state index >= 15 is 0 Å². The number of nitrogens with one attached hydrogen (secondary N) is 1. The minimum absolute atomic E-state index is 0.334. The summed E-state index contributed by atoms with van der Waals surface area (Å²) >= 11 is 3.60. The summed E-state index contributed by atoms with van der Waals surface area (Å²) in [5, 5.41) is 2.95. The lowest BCUT2D eigenvalue weighted by Gasteiger charge is -2.15. The zero-order valence-electron chi connectivity index (χ0n) is 12.5. The van der Waals surface area contributed by atoms with Gasteiger partial charge in [0.25, 0.3) is 0 Å². The highest BCUT2D eigenvalue weighted by molar-refractivity contribution is 9.10. The molecule has 1 amide bonds. The largest absolute Gasteiger partial charge is 0.450 e. The number of hydrogen-bond donors (Lipinski definition) is 1. The fourth-order valence-corrected chi connectivity index (χ4v) is 3.08. The predicted octanol–water partition coefficient (Wildman–Crippen LogP) is 4.96. The maximum absolute atomic E-state index is 11.7. The number of benzene rings is 1. The molecule has 0 saturated heterocycles. The van der Waals surface area contributed by atoms with Crippen molar-refractivity contribution in [2.24, 2.45) is 0 Å². The van der Waals surface area contributed by atoms with Gasteiger partial charge >= 0.3 is 6.09 Å². The van der Waals surface area contributed by atoms with Gasteiger partial charge in [-0.3, -0.25) is 5.32 Å². The second-order valence-corrected chi connectivity index (χ2v) is 6.11. The third kappa shape index (κ3) is 4.88. The van der Waals surface area contributed by atoms with Crippen molar-refractivity contribution in [3.63, 3.8) is 0 Å². The van der Waals surface area contributed by atoms with Crippen molar-refractivity contribution in [3.8, 4) is 0 Å². The SMILES string of the molecule is CCOC(=O)NC1=C(Cc2ccccc2Br)CCCCC1. The van der Waals surface area contributed by atoms with Crippen molar-refractivity contribution >= 4 is 22.0 Å². The highest BCUT2D eigenvalue weighted by atomic mass is 79.9. The second kappa shape index (κ2) is 8.23. The summed E-state index contributed by atoms with van der Waals surface area (Å²) in [6.45, 7) is 2.22. The molecular formula is C17H22BrNO2. The lowest BCUT2D eigenvalue weighted by atomic mass is 9.99. The molecule has 0 heterocycles. The van der Waals surface area contributed by atoms with Gasteiger partial charge in [0.15, 0.2) is 0 Å². The number of ether oxygens (including phenoxy) is 1. The topological polar surface area (TPSA) is 38.3 Å². The van der Waals surface area contributed by atoms with Gasteiger partial charge in [-0.2, -0.15) is 0 Å². The van der Waals surface area contributed by atoms with E-state index in [0.29, 0.717) is 6.61 Å². The van der Waals surface area contributed by atoms with Crippen molar-refractivity contribution in [1.29, 1.82) is 0 Å². The first-order valence-electron chi connectivity index (χ1n) is 7.58. The van der Waals surface area contributed by atoms with Gasteiger partial charge in [0.2, 0.25) is 0 Å². The van der Waals surface area contributed by atoms with Gasteiger partial charge in [-0.1, -0.05) is 40.5 Å². The van der Waals surface area contributed by atoms with Crippen molar-refractivity contribution < 1.29 is 9.53 Å². The average molecular weight is 352 g/mol. The number of carbonyl (C=O) groups excluding carboxylic acids is 1. The highest BCUT2D eigenvalue weighted by Gasteiger charge is 2.15. The third-order valence-corrected chi connectivity index (χ3v) is 4.50. The number of hydrogen-bond acceptors (Lipinski definition) is 2. The highest BCUT2D eigenvalue weighted by Crippen LogP contribution is 2.27. The molecule has 0 fully saturated rings. The Hall–Kier alpha value is -1.29. The van der Waals surface area contributed by atoms with Crippen LogP contribution in [0.2, 0.25) is 0 Å². The lowest BCUT2D eigenvalue weighted by Crippen LogP contribution is -2.25. The number of carbonyl (C=O) groups is 1. The molecule has 1 aromatic rings. The molecule has 1 aromatic carbocycles. The van der Waals surface area contributed by atoms with Gasteiger partial charge in [-0.15, -0.1) is 0 Å². The van der Waals surface area contributed by atoms with E-state index in [2.05, 4.69) is 39.4 Å². The normalized spacial score (nSPS) is 15.5. The Labute approximate surface area is 134 Å². The van der Waals surface area contributed by atoms with Gasteiger partial charge in [0, 0.05) is 10.2 Å². The van der Waals surface area contributed by atoms with E-state index < -0.39 is 0 Å². The second-order valence-electron chi connectivity index (χ2n) is 5.26. The van der Waals surface area contributed by atoms with Gasteiger partial charge < -0.3 is 4.74 Å². The van der Waals surface area contributed by atoms with Crippen LogP contribution in [0.1, 0.15) is 44.6 Å². The molecule has 0 radical (unpaired) electrons. The fraction of sp³-hybridized carbons (Fsp3) is 0.471. The van der Waals surface area contributed by atoms with Gasteiger partial charge in [0.05, 0.1) is 6.61 Å². The monoisotopic (exact) mass is 351 g/mol. The maximum Gasteiger partial charge on any atom is 0.411 e. The molecule has 2 rings (SSSR count). The summed E-state index contributed by atoms with van der Waals surface area (Å²) in [6.07, 6.45) is 6.05. The summed E-state index contributed by atoms with van der Waals surface area (Å²) in [4.78, 5) is 11.7. The Balaban J connectivity index is 2.18. The van der Waals surface area contributed by atoms with Crippen molar-refractivity contribution in [3.05, 3.63) is 45.6 Å². The standard InChI is InChI=1S/C17H22BrNO2/c1-2-21-17(20)19-16-11-5-3-4-9-14(16)12-13-8-6-7-10-15(13)18/h6-8,10H,2-5,9,11-12H2,1H3,(H,19,20). The van der Waals surface area contributed by atoms with Crippen LogP contribution in [-0.4, -0.2) is 12.7 Å². The van der Waals surface area contributed by atoms with E-state index in [1.54, 1.807) is 0 Å². The van der Waals surface area contributed by atoms with E-state index in [4.69, 9.17) is 4.74 Å². The first-order valence-corrected chi connectivity index (χ1v) is 8.38. The smallest absolute Gasteiger partial charge is 0.411 e. The van der Waals surface area contributed by atoms with Crippen LogP contribution in [0.15, 0.2) is 40.0 Å². The van der Waals surface area contributed by atoms with Crippen LogP contribution in [-0.2, 0) is 11.2 Å². The summed E-state index contributed by atoms with van der Waals surface area (Å²) in [5.74, 6) is 0. The summed E-state index contributed by atoms with van der Waals surface area (Å²) in [5.41, 5.74) is 3.65. The Bertz CT molecular complexity index is 525. The molecule has 0 atom stereocenters. The van der Waals surface area contributed by atoms with E-state index in [1.807, 2.05) is 13.0 Å². The van der Waals surface area contributed by atoms with E-state index in [9.17, 15) is 4.79 Å². The average Bonchev–Trinajstić information content (AvgIpc) is 2.67. The van der Waals surface area contributed by atoms with Crippen LogP contribution in [0.4, 0.5) is 4.79 Å². The minimum Gasteiger partial charge on any atom is -0.450 e. The quantitative estimate of drug-likeness (QED) is 0.832. The molecule has 0 aliphatic heterocycles. The van der Waals surface area contributed by atoms with Crippen LogP contribution in [0.25, 0.3) is 0 Å². The molecule has 0 spiro atoms. The van der Waals surface area contributed by atoms with Gasteiger partial charge in [-0.05, 0) is 56.2 Å². The van der Waals surface area contributed by atoms with E-state index in [-0.39, 0.29) is 6.09 Å². The molecule has 0 unspecified atom stereocenters. The number of halogens is 1. The molecule has 1 aliphatic rings. The van der Waals surface area contributed by atoms with E-state index in [0.717, 1.165) is 35.9 Å². The molecule has 0 saturated carbocycles. The molecule has 0 aromatic heterocycles. The summed E-state index contributed by atoms with van der Waals surface area (Å²) in [6, 6.07) is 8.26. The molecule has 0 bridgehead atoms. The Morgan fingerprint density at radius 2 is 2.00 bits per heavy atom. The van der Waals surface area contributed by atoms with Crippen LogP contribution < -0.4 is 5.32 Å². The Kier molecular flexibility index (Phi) is 6.30. The fourth-order valence-electron chi connectivity index (χ4n) is 2.65. The minimum atomic E-state index is -0.334. The molecular weight excluding hydrogens is 330 g/mol. The van der Waals surface area contributed by atoms with Crippen molar-refractivity contribution in [2.75, 3.05) is 6.61 Å². The van der Waals surface area contributed by atoms with Gasteiger partial charge in [0.1, 0.15) is 0 Å². The van der Waals surface area contributed by atoms with E-state index in [1.165, 1.54) is 24.0 Å².